The van der Waals surface area contributed by atoms with E-state index >= 15 is 0 Å². The fraction of sp³-hybridized carbons (Fsp3) is 0.480. The Morgan fingerprint density at radius 3 is 2.62 bits per heavy atom. The number of carboxylic acids is 1. The van der Waals surface area contributed by atoms with Crippen molar-refractivity contribution in [3.05, 3.63) is 58.9 Å². The first kappa shape index (κ1) is 23.7. The van der Waals surface area contributed by atoms with Crippen LogP contribution in [0.3, 0.4) is 0 Å². The third-order valence-corrected chi connectivity index (χ3v) is 6.06. The number of nitriles is 1. The van der Waals surface area contributed by atoms with Crippen molar-refractivity contribution in [2.75, 3.05) is 33.8 Å². The monoisotopic (exact) mass is 438 g/mol. The first-order chi connectivity index (χ1) is 15.3. The van der Waals surface area contributed by atoms with E-state index in [9.17, 15) is 15.2 Å². The van der Waals surface area contributed by atoms with E-state index in [0.29, 0.717) is 28.9 Å². The minimum absolute atomic E-state index is 0.0204. The lowest BCUT2D eigenvalue weighted by Gasteiger charge is -2.32. The van der Waals surface area contributed by atoms with Crippen molar-refractivity contribution in [2.24, 2.45) is 5.92 Å². The van der Waals surface area contributed by atoms with Crippen LogP contribution in [0.1, 0.15) is 35.2 Å². The number of benzene rings is 1. The first-order valence-corrected chi connectivity index (χ1v) is 11.1. The van der Waals surface area contributed by atoms with Crippen molar-refractivity contribution in [3.8, 4) is 11.8 Å². The number of hydrogen-bond donors (Lipinski definition) is 2. The van der Waals surface area contributed by atoms with Gasteiger partial charge in [-0.15, -0.1) is 0 Å². The summed E-state index contributed by atoms with van der Waals surface area (Å²) in [5.74, 6) is 0.0354. The zero-order chi connectivity index (χ0) is 23.1. The lowest BCUT2D eigenvalue weighted by molar-refractivity contribution is -0.894. The van der Waals surface area contributed by atoms with Gasteiger partial charge in [0.05, 0.1) is 20.6 Å². The maximum atomic E-state index is 10.8. The van der Waals surface area contributed by atoms with Crippen molar-refractivity contribution >= 4 is 5.97 Å². The van der Waals surface area contributed by atoms with Gasteiger partial charge in [0.15, 0.2) is 11.4 Å². The highest BCUT2D eigenvalue weighted by atomic mass is 16.5. The second-order valence-corrected chi connectivity index (χ2v) is 9.33. The van der Waals surface area contributed by atoms with Gasteiger partial charge >= 0.3 is 5.97 Å². The van der Waals surface area contributed by atoms with Gasteiger partial charge in [-0.05, 0) is 47.9 Å². The normalized spacial score (nSPS) is 14.6. The molecule has 0 saturated carbocycles. The Morgan fingerprint density at radius 2 is 2.00 bits per heavy atom. The molecule has 7 heteroatoms. The standard InChI is InChI=1S/C25H31N3O4/c1-28(2,10-9-18-11-20-5-3-4-6-21(20)12-18)16-22(29)17-32-24-13-19(7-8-25(30)31)15-27-23(24)14-26/h3-6,13,15,18,22,29H,7-12,16-17H2,1-2H3/p+1/t22-/m1/s1. The van der Waals surface area contributed by atoms with Crippen LogP contribution in [0, 0.1) is 17.2 Å². The van der Waals surface area contributed by atoms with Gasteiger partial charge < -0.3 is 19.4 Å². The minimum Gasteiger partial charge on any atom is -0.488 e. The van der Waals surface area contributed by atoms with Crippen LogP contribution in [0.15, 0.2) is 36.5 Å². The highest BCUT2D eigenvalue weighted by molar-refractivity contribution is 5.67. The molecule has 1 atom stereocenters. The van der Waals surface area contributed by atoms with E-state index in [0.717, 1.165) is 25.8 Å². The molecule has 1 aliphatic carbocycles. The quantitative estimate of drug-likeness (QED) is 0.523. The number of carbonyl (C=O) groups is 1. The van der Waals surface area contributed by atoms with Gasteiger partial charge in [-0.3, -0.25) is 4.79 Å². The van der Waals surface area contributed by atoms with Gasteiger partial charge in [0.1, 0.15) is 25.3 Å². The van der Waals surface area contributed by atoms with Gasteiger partial charge in [0.2, 0.25) is 0 Å². The van der Waals surface area contributed by atoms with Crippen molar-refractivity contribution < 1.29 is 24.2 Å². The number of hydrogen-bond acceptors (Lipinski definition) is 5. The first-order valence-electron chi connectivity index (χ1n) is 11.1. The molecule has 0 fully saturated rings. The van der Waals surface area contributed by atoms with E-state index in [1.54, 1.807) is 6.07 Å². The lowest BCUT2D eigenvalue weighted by atomic mass is 10.0. The molecule has 0 unspecified atom stereocenters. The van der Waals surface area contributed by atoms with Crippen molar-refractivity contribution in [1.82, 2.24) is 4.98 Å². The van der Waals surface area contributed by atoms with E-state index in [-0.39, 0.29) is 24.5 Å². The third kappa shape index (κ3) is 6.78. The van der Waals surface area contributed by atoms with Gasteiger partial charge in [-0.2, -0.15) is 5.26 Å². The molecule has 0 amide bonds. The Kier molecular flexibility index (Phi) is 7.84. The number of pyridine rings is 1. The molecule has 170 valence electrons. The number of ether oxygens (including phenoxy) is 1. The highest BCUT2D eigenvalue weighted by Gasteiger charge is 2.26. The van der Waals surface area contributed by atoms with E-state index in [2.05, 4.69) is 43.3 Å². The number of aryl methyl sites for hydroxylation is 1. The Morgan fingerprint density at radius 1 is 1.31 bits per heavy atom. The van der Waals surface area contributed by atoms with E-state index in [1.807, 2.05) is 6.07 Å². The number of aliphatic hydroxyl groups is 1. The number of aromatic nitrogens is 1. The number of likely N-dealkylation sites (N-methyl/N-ethyl adjacent to an activating group) is 1. The number of fused-ring (bicyclic) bond motifs is 1. The summed E-state index contributed by atoms with van der Waals surface area (Å²) in [6, 6.07) is 12.3. The molecule has 32 heavy (non-hydrogen) atoms. The molecule has 0 radical (unpaired) electrons. The maximum absolute atomic E-state index is 10.8. The average Bonchev–Trinajstić information content (AvgIpc) is 3.18. The number of quaternary nitrogens is 1. The summed E-state index contributed by atoms with van der Waals surface area (Å²) in [5, 5.41) is 28.7. The summed E-state index contributed by atoms with van der Waals surface area (Å²) in [7, 11) is 4.22. The largest absolute Gasteiger partial charge is 0.488 e. The molecule has 1 aromatic heterocycles. The summed E-state index contributed by atoms with van der Waals surface area (Å²) < 4.78 is 6.39. The summed E-state index contributed by atoms with van der Waals surface area (Å²) in [6.07, 6.45) is 4.44. The number of aliphatic hydroxyl groups excluding tert-OH is 1. The number of rotatable bonds is 11. The van der Waals surface area contributed by atoms with Crippen molar-refractivity contribution in [2.45, 2.75) is 38.2 Å². The average molecular weight is 439 g/mol. The molecular weight excluding hydrogens is 406 g/mol. The molecule has 0 bridgehead atoms. The fourth-order valence-electron chi connectivity index (χ4n) is 4.35. The SMILES string of the molecule is C[N+](C)(CCC1Cc2ccccc2C1)C[C@@H](O)COc1cc(CCC(=O)O)cnc1C#N. The van der Waals surface area contributed by atoms with Crippen LogP contribution in [0.5, 0.6) is 5.75 Å². The van der Waals surface area contributed by atoms with Crippen molar-refractivity contribution in [3.63, 3.8) is 0 Å². The van der Waals surface area contributed by atoms with Crippen LogP contribution < -0.4 is 4.74 Å². The molecule has 2 aromatic rings. The topological polar surface area (TPSA) is 103 Å². The maximum Gasteiger partial charge on any atom is 0.303 e. The van der Waals surface area contributed by atoms with Gasteiger partial charge in [-0.1, -0.05) is 24.3 Å². The summed E-state index contributed by atoms with van der Waals surface area (Å²) in [4.78, 5) is 14.8. The highest BCUT2D eigenvalue weighted by Crippen LogP contribution is 2.29. The van der Waals surface area contributed by atoms with Crippen LogP contribution in [0.4, 0.5) is 0 Å². The van der Waals surface area contributed by atoms with Crippen LogP contribution in [-0.4, -0.2) is 65.5 Å². The van der Waals surface area contributed by atoms with Crippen LogP contribution in [0.2, 0.25) is 0 Å². The second-order valence-electron chi connectivity index (χ2n) is 9.33. The predicted molar refractivity (Wildman–Crippen MR) is 120 cm³/mol. The Balaban J connectivity index is 1.48. The van der Waals surface area contributed by atoms with E-state index in [1.165, 1.54) is 17.3 Å². The van der Waals surface area contributed by atoms with E-state index in [4.69, 9.17) is 9.84 Å². The summed E-state index contributed by atoms with van der Waals surface area (Å²) in [5.41, 5.74) is 3.74. The Hall–Kier alpha value is -2.95. The zero-order valence-electron chi connectivity index (χ0n) is 18.8. The lowest BCUT2D eigenvalue weighted by Crippen LogP contribution is -2.48. The number of nitrogens with zero attached hydrogens (tertiary/aromatic N) is 3. The van der Waals surface area contributed by atoms with Crippen LogP contribution >= 0.6 is 0 Å². The van der Waals surface area contributed by atoms with Crippen molar-refractivity contribution in [1.29, 1.82) is 5.26 Å². The second kappa shape index (κ2) is 10.6. The third-order valence-electron chi connectivity index (χ3n) is 6.06. The van der Waals surface area contributed by atoms with Gasteiger partial charge in [0.25, 0.3) is 0 Å². The van der Waals surface area contributed by atoms with Gasteiger partial charge in [-0.25, -0.2) is 4.98 Å². The van der Waals surface area contributed by atoms with Crippen LogP contribution in [-0.2, 0) is 24.1 Å². The molecule has 1 heterocycles. The molecule has 0 aliphatic heterocycles. The molecule has 0 spiro atoms. The summed E-state index contributed by atoms with van der Waals surface area (Å²) in [6.45, 7) is 1.55. The van der Waals surface area contributed by atoms with Gasteiger partial charge in [0, 0.05) is 19.0 Å². The molecule has 2 N–H and O–H groups in total. The summed E-state index contributed by atoms with van der Waals surface area (Å²) >= 11 is 0. The number of carboxylic acid groups (broad SMARTS) is 1. The van der Waals surface area contributed by atoms with Crippen LogP contribution in [0.25, 0.3) is 0 Å². The molecular formula is C25H32N3O4+. The molecule has 0 saturated heterocycles. The van der Waals surface area contributed by atoms with E-state index < -0.39 is 12.1 Å². The molecule has 3 rings (SSSR count). The fourth-order valence-corrected chi connectivity index (χ4v) is 4.35. The zero-order valence-corrected chi connectivity index (χ0v) is 18.8. The molecule has 1 aliphatic rings. The Labute approximate surface area is 189 Å². The smallest absolute Gasteiger partial charge is 0.303 e. The number of aliphatic carboxylic acids is 1. The molecule has 1 aromatic carbocycles. The Bertz CT molecular complexity index is 958. The molecule has 7 nitrogen and oxygen atoms in total. The predicted octanol–water partition coefficient (Wildman–Crippen LogP) is 2.59. The minimum atomic E-state index is -0.895.